The number of aromatic nitrogens is 2. The Kier molecular flexibility index (Phi) is 3.84. The van der Waals surface area contributed by atoms with Crippen LogP contribution in [0, 0.1) is 0 Å². The van der Waals surface area contributed by atoms with Gasteiger partial charge in [0.15, 0.2) is 11.5 Å². The van der Waals surface area contributed by atoms with Crippen molar-refractivity contribution in [3.63, 3.8) is 0 Å². The highest BCUT2D eigenvalue weighted by Gasteiger charge is 2.27. The standard InChI is InChI=1S/C20H21N3O2/c1-4-12-7-5-6-8-16(12)21-20-15-9-13-10-17(24-2)18(25-3)11-14(13)19(15)22-23-20/h5-8,10-11H,4,9H2,1-3H3,(H2,21,22,23). The first-order chi connectivity index (χ1) is 12.2. The third-order valence-corrected chi connectivity index (χ3v) is 4.76. The van der Waals surface area contributed by atoms with Crippen LogP contribution in [-0.2, 0) is 12.8 Å². The van der Waals surface area contributed by atoms with Gasteiger partial charge in [-0.1, -0.05) is 25.1 Å². The number of aromatic amines is 1. The first kappa shape index (κ1) is 15.6. The van der Waals surface area contributed by atoms with Crippen molar-refractivity contribution in [2.75, 3.05) is 19.5 Å². The summed E-state index contributed by atoms with van der Waals surface area (Å²) in [6.07, 6.45) is 1.80. The van der Waals surface area contributed by atoms with Crippen molar-refractivity contribution in [3.05, 3.63) is 53.1 Å². The zero-order valence-corrected chi connectivity index (χ0v) is 14.6. The Morgan fingerprint density at radius 1 is 1.12 bits per heavy atom. The molecule has 2 N–H and O–H groups in total. The molecule has 0 fully saturated rings. The zero-order valence-electron chi connectivity index (χ0n) is 14.6. The summed E-state index contributed by atoms with van der Waals surface area (Å²) in [4.78, 5) is 0. The molecule has 0 saturated heterocycles. The van der Waals surface area contributed by atoms with E-state index in [4.69, 9.17) is 9.47 Å². The van der Waals surface area contributed by atoms with Crippen LogP contribution >= 0.6 is 0 Å². The predicted molar refractivity (Wildman–Crippen MR) is 99.0 cm³/mol. The van der Waals surface area contributed by atoms with Gasteiger partial charge in [0.2, 0.25) is 0 Å². The van der Waals surface area contributed by atoms with Gasteiger partial charge in [-0.25, -0.2) is 0 Å². The van der Waals surface area contributed by atoms with E-state index < -0.39 is 0 Å². The van der Waals surface area contributed by atoms with Crippen molar-refractivity contribution in [1.29, 1.82) is 0 Å². The molecule has 0 unspecified atom stereocenters. The summed E-state index contributed by atoms with van der Waals surface area (Å²) in [5.41, 5.74) is 6.85. The Hall–Kier alpha value is -2.95. The lowest BCUT2D eigenvalue weighted by molar-refractivity contribution is 0.355. The first-order valence-corrected chi connectivity index (χ1v) is 8.42. The number of nitrogens with zero attached hydrogens (tertiary/aromatic N) is 1. The van der Waals surface area contributed by atoms with E-state index in [1.165, 1.54) is 16.7 Å². The molecule has 0 radical (unpaired) electrons. The number of para-hydroxylation sites is 1. The van der Waals surface area contributed by atoms with E-state index in [1.807, 2.05) is 18.2 Å². The highest BCUT2D eigenvalue weighted by atomic mass is 16.5. The first-order valence-electron chi connectivity index (χ1n) is 8.42. The molecule has 0 spiro atoms. The van der Waals surface area contributed by atoms with E-state index in [9.17, 15) is 0 Å². The second-order valence-electron chi connectivity index (χ2n) is 6.10. The van der Waals surface area contributed by atoms with Gasteiger partial charge in [0.1, 0.15) is 5.82 Å². The predicted octanol–water partition coefficient (Wildman–Crippen LogP) is 4.30. The van der Waals surface area contributed by atoms with Crippen molar-refractivity contribution in [2.24, 2.45) is 0 Å². The topological polar surface area (TPSA) is 59.2 Å². The van der Waals surface area contributed by atoms with E-state index in [1.54, 1.807) is 14.2 Å². The SMILES string of the molecule is CCc1ccccc1Nc1[nH]nc2c1Cc1cc(OC)c(OC)cc1-2. The van der Waals surface area contributed by atoms with Gasteiger partial charge in [0.05, 0.1) is 19.9 Å². The van der Waals surface area contributed by atoms with Crippen LogP contribution in [0.25, 0.3) is 11.3 Å². The molecule has 0 bridgehead atoms. The molecule has 0 atom stereocenters. The number of fused-ring (bicyclic) bond motifs is 3. The summed E-state index contributed by atoms with van der Waals surface area (Å²) in [7, 11) is 3.31. The second kappa shape index (κ2) is 6.16. The van der Waals surface area contributed by atoms with E-state index in [0.29, 0.717) is 0 Å². The van der Waals surface area contributed by atoms with Crippen LogP contribution in [-0.4, -0.2) is 24.4 Å². The van der Waals surface area contributed by atoms with E-state index >= 15 is 0 Å². The lowest BCUT2D eigenvalue weighted by atomic mass is 10.1. The largest absolute Gasteiger partial charge is 0.493 e. The average Bonchev–Trinajstić information content (AvgIpc) is 3.20. The second-order valence-corrected chi connectivity index (χ2v) is 6.10. The average molecular weight is 335 g/mol. The van der Waals surface area contributed by atoms with Crippen LogP contribution in [0.15, 0.2) is 36.4 Å². The number of methoxy groups -OCH3 is 2. The summed E-state index contributed by atoms with van der Waals surface area (Å²) >= 11 is 0. The molecular weight excluding hydrogens is 314 g/mol. The molecule has 1 aromatic heterocycles. The lowest BCUT2D eigenvalue weighted by Crippen LogP contribution is -1.98. The maximum absolute atomic E-state index is 5.43. The van der Waals surface area contributed by atoms with Gasteiger partial charge in [-0.2, -0.15) is 5.10 Å². The smallest absolute Gasteiger partial charge is 0.161 e. The molecule has 0 saturated carbocycles. The van der Waals surface area contributed by atoms with Crippen LogP contribution in [0.5, 0.6) is 11.5 Å². The molecule has 0 aliphatic heterocycles. The van der Waals surface area contributed by atoms with Crippen LogP contribution in [0.3, 0.4) is 0 Å². The van der Waals surface area contributed by atoms with Gasteiger partial charge >= 0.3 is 0 Å². The van der Waals surface area contributed by atoms with Crippen LogP contribution in [0.4, 0.5) is 11.5 Å². The summed E-state index contributed by atoms with van der Waals surface area (Å²) in [5, 5.41) is 11.2. The minimum absolute atomic E-state index is 0.725. The molecule has 1 aliphatic carbocycles. The van der Waals surface area contributed by atoms with E-state index in [-0.39, 0.29) is 0 Å². The Labute approximate surface area is 147 Å². The van der Waals surface area contributed by atoms with Crippen molar-refractivity contribution in [1.82, 2.24) is 10.2 Å². The molecule has 128 valence electrons. The van der Waals surface area contributed by atoms with Gasteiger partial charge in [0, 0.05) is 23.2 Å². The summed E-state index contributed by atoms with van der Waals surface area (Å²) < 4.78 is 10.9. The van der Waals surface area contributed by atoms with E-state index in [2.05, 4.69) is 40.6 Å². The van der Waals surface area contributed by atoms with E-state index in [0.717, 1.165) is 47.1 Å². The summed E-state index contributed by atoms with van der Waals surface area (Å²) in [5.74, 6) is 2.43. The van der Waals surface area contributed by atoms with Crippen molar-refractivity contribution < 1.29 is 9.47 Å². The molecule has 1 aliphatic rings. The fourth-order valence-electron chi connectivity index (χ4n) is 3.43. The number of rotatable bonds is 5. The normalized spacial score (nSPS) is 11.8. The Balaban J connectivity index is 1.72. The molecule has 1 heterocycles. The number of benzene rings is 2. The van der Waals surface area contributed by atoms with Crippen molar-refractivity contribution in [3.8, 4) is 22.8 Å². The minimum atomic E-state index is 0.725. The number of H-pyrrole nitrogens is 1. The maximum atomic E-state index is 5.43. The molecule has 25 heavy (non-hydrogen) atoms. The summed E-state index contributed by atoms with van der Waals surface area (Å²) in [6.45, 7) is 2.16. The molecular formula is C20H21N3O2. The fourth-order valence-corrected chi connectivity index (χ4v) is 3.43. The molecule has 4 rings (SSSR count). The van der Waals surface area contributed by atoms with Crippen LogP contribution < -0.4 is 14.8 Å². The number of aryl methyl sites for hydroxylation is 1. The van der Waals surface area contributed by atoms with Gasteiger partial charge in [-0.3, -0.25) is 5.10 Å². The Bertz CT molecular complexity index is 931. The van der Waals surface area contributed by atoms with Crippen LogP contribution in [0.1, 0.15) is 23.6 Å². The lowest BCUT2D eigenvalue weighted by Gasteiger charge is -2.11. The van der Waals surface area contributed by atoms with Gasteiger partial charge in [0.25, 0.3) is 0 Å². The third-order valence-electron chi connectivity index (χ3n) is 4.76. The highest BCUT2D eigenvalue weighted by molar-refractivity contribution is 5.81. The van der Waals surface area contributed by atoms with Crippen LogP contribution in [0.2, 0.25) is 0 Å². The highest BCUT2D eigenvalue weighted by Crippen LogP contribution is 2.44. The molecule has 3 aromatic rings. The number of hydrogen-bond acceptors (Lipinski definition) is 4. The zero-order chi connectivity index (χ0) is 17.4. The molecule has 2 aromatic carbocycles. The monoisotopic (exact) mass is 335 g/mol. The van der Waals surface area contributed by atoms with Crippen molar-refractivity contribution in [2.45, 2.75) is 19.8 Å². The molecule has 5 heteroatoms. The number of hydrogen-bond donors (Lipinski definition) is 2. The number of ether oxygens (including phenoxy) is 2. The fraction of sp³-hybridized carbons (Fsp3) is 0.250. The third kappa shape index (κ3) is 2.52. The van der Waals surface area contributed by atoms with Gasteiger partial charge in [-0.05, 0) is 35.7 Å². The Morgan fingerprint density at radius 3 is 2.64 bits per heavy atom. The maximum Gasteiger partial charge on any atom is 0.161 e. The van der Waals surface area contributed by atoms with Gasteiger partial charge < -0.3 is 14.8 Å². The molecule has 5 nitrogen and oxygen atoms in total. The van der Waals surface area contributed by atoms with Crippen molar-refractivity contribution >= 4 is 11.5 Å². The molecule has 0 amide bonds. The number of nitrogens with one attached hydrogen (secondary N) is 2. The number of anilines is 2. The minimum Gasteiger partial charge on any atom is -0.493 e. The quantitative estimate of drug-likeness (QED) is 0.571. The van der Waals surface area contributed by atoms with Gasteiger partial charge in [-0.15, -0.1) is 0 Å². The Morgan fingerprint density at radius 2 is 1.88 bits per heavy atom. The summed E-state index contributed by atoms with van der Waals surface area (Å²) in [6, 6.07) is 12.4.